The van der Waals surface area contributed by atoms with Gasteiger partial charge in [-0.25, -0.2) is 0 Å². The molecule has 54 heavy (non-hydrogen) atoms. The third-order valence-electron chi connectivity index (χ3n) is 13.6. The average Bonchev–Trinajstić information content (AvgIpc) is 3.81. The smallest absolute Gasteiger partial charge is 0.309 e. The zero-order valence-electron chi connectivity index (χ0n) is 34.2. The number of carbonyl (C=O) groups excluding carboxylic acids is 2. The van der Waals surface area contributed by atoms with Gasteiger partial charge in [0, 0.05) is 43.4 Å². The maximum Gasteiger partial charge on any atom is 0.309 e. The van der Waals surface area contributed by atoms with Crippen molar-refractivity contribution in [3.8, 4) is 0 Å². The maximum absolute atomic E-state index is 12.4. The van der Waals surface area contributed by atoms with Crippen LogP contribution in [0.5, 0.6) is 0 Å². The number of carboxylic acids is 1. The predicted molar refractivity (Wildman–Crippen MR) is 196 cm³/mol. The van der Waals surface area contributed by atoms with Crippen molar-refractivity contribution in [1.82, 2.24) is 0 Å². The summed E-state index contributed by atoms with van der Waals surface area (Å²) in [5.74, 6) is -6.41. The van der Waals surface area contributed by atoms with Crippen LogP contribution in [0.25, 0.3) is 0 Å². The summed E-state index contributed by atoms with van der Waals surface area (Å²) in [5.41, 5.74) is -1.33. The molecule has 5 aliphatic rings. The number of hydrogen-bond acceptors (Lipinski definition) is 12. The lowest BCUT2D eigenvalue weighted by atomic mass is 9.78. The molecule has 0 radical (unpaired) electrons. The first-order chi connectivity index (χ1) is 25.2. The molecule has 310 valence electrons. The summed E-state index contributed by atoms with van der Waals surface area (Å²) in [6, 6.07) is 0. The maximum atomic E-state index is 12.4. The van der Waals surface area contributed by atoms with Crippen LogP contribution < -0.4 is 0 Å². The molecule has 3 N–H and O–H groups in total. The van der Waals surface area contributed by atoms with Gasteiger partial charge in [0.05, 0.1) is 53.7 Å². The van der Waals surface area contributed by atoms with Gasteiger partial charge in [-0.15, -0.1) is 0 Å². The molecule has 13 nitrogen and oxygen atoms in total. The first kappa shape index (κ1) is 43.3. The summed E-state index contributed by atoms with van der Waals surface area (Å²) in [5, 5.41) is 32.7. The Hall–Kier alpha value is -1.87. The van der Waals surface area contributed by atoms with E-state index in [4.69, 9.17) is 33.2 Å². The highest BCUT2D eigenvalue weighted by Gasteiger charge is 2.62. The number of ether oxygens (including phenoxy) is 7. The van der Waals surface area contributed by atoms with Gasteiger partial charge >= 0.3 is 17.9 Å². The van der Waals surface area contributed by atoms with E-state index in [1.54, 1.807) is 6.92 Å². The van der Waals surface area contributed by atoms with Gasteiger partial charge in [0.2, 0.25) is 5.79 Å². The third-order valence-corrected chi connectivity index (χ3v) is 13.6. The van der Waals surface area contributed by atoms with Crippen LogP contribution in [-0.2, 0) is 47.5 Å². The monoisotopic (exact) mass is 768 g/mol. The van der Waals surface area contributed by atoms with Gasteiger partial charge in [0.1, 0.15) is 12.7 Å². The number of aliphatic hydroxyl groups is 2. The highest BCUT2D eigenvalue weighted by molar-refractivity contribution is 5.73. The Morgan fingerprint density at radius 2 is 1.61 bits per heavy atom. The number of esters is 2. The molecule has 1 spiro atoms. The van der Waals surface area contributed by atoms with Crippen molar-refractivity contribution in [2.75, 3.05) is 6.61 Å². The molecule has 0 aromatic heterocycles. The minimum Gasteiger partial charge on any atom is -0.481 e. The molecular formula is C41H68O13. The molecule has 0 aliphatic carbocycles. The summed E-state index contributed by atoms with van der Waals surface area (Å²) in [4.78, 5) is 36.5. The number of aliphatic hydroxyl groups excluding tert-OH is 1. The van der Waals surface area contributed by atoms with Crippen LogP contribution in [0.15, 0.2) is 0 Å². The van der Waals surface area contributed by atoms with E-state index in [1.165, 1.54) is 6.92 Å². The molecule has 17 unspecified atom stereocenters. The van der Waals surface area contributed by atoms with Crippen LogP contribution >= 0.6 is 0 Å². The van der Waals surface area contributed by atoms with Gasteiger partial charge < -0.3 is 48.5 Å². The average molecular weight is 769 g/mol. The molecule has 17 atom stereocenters. The predicted octanol–water partition coefficient (Wildman–Crippen LogP) is 5.54. The molecule has 0 bridgehead atoms. The minimum absolute atomic E-state index is 0.115. The van der Waals surface area contributed by atoms with E-state index in [2.05, 4.69) is 20.8 Å². The number of hydrogen-bond donors (Lipinski definition) is 3. The number of aliphatic carboxylic acids is 1. The number of rotatable bonds is 13. The topological polar surface area (TPSA) is 177 Å². The third kappa shape index (κ3) is 8.67. The van der Waals surface area contributed by atoms with E-state index in [9.17, 15) is 29.7 Å². The highest BCUT2D eigenvalue weighted by atomic mass is 16.7. The highest BCUT2D eigenvalue weighted by Crippen LogP contribution is 2.54. The molecule has 5 fully saturated rings. The molecule has 5 rings (SSSR count). The number of carboxylic acid groups (broad SMARTS) is 1. The van der Waals surface area contributed by atoms with Crippen molar-refractivity contribution in [3.05, 3.63) is 0 Å². The summed E-state index contributed by atoms with van der Waals surface area (Å²) in [7, 11) is 0. The fourth-order valence-electron chi connectivity index (χ4n) is 10.1. The Morgan fingerprint density at radius 1 is 0.907 bits per heavy atom. The second kappa shape index (κ2) is 16.5. The molecule has 13 heteroatoms. The second-order valence-electron chi connectivity index (χ2n) is 18.1. The Labute approximate surface area is 321 Å². The molecule has 5 saturated heterocycles. The van der Waals surface area contributed by atoms with Gasteiger partial charge in [-0.05, 0) is 71.1 Å². The van der Waals surface area contributed by atoms with Crippen molar-refractivity contribution in [1.29, 1.82) is 0 Å². The van der Waals surface area contributed by atoms with E-state index in [-0.39, 0.29) is 73.5 Å². The zero-order chi connectivity index (χ0) is 40.0. The first-order valence-corrected chi connectivity index (χ1v) is 20.6. The Balaban J connectivity index is 1.25. The fourth-order valence-corrected chi connectivity index (χ4v) is 10.1. The minimum atomic E-state index is -1.59. The lowest BCUT2D eigenvalue weighted by Gasteiger charge is -2.48. The van der Waals surface area contributed by atoms with E-state index in [0.717, 1.165) is 19.3 Å². The zero-order valence-corrected chi connectivity index (χ0v) is 34.2. The van der Waals surface area contributed by atoms with Gasteiger partial charge in [0.25, 0.3) is 0 Å². The molecule has 5 aliphatic heterocycles. The lowest BCUT2D eigenvalue weighted by Crippen LogP contribution is -2.57. The van der Waals surface area contributed by atoms with Crippen molar-refractivity contribution < 1.29 is 62.9 Å². The van der Waals surface area contributed by atoms with Crippen LogP contribution in [0, 0.1) is 35.5 Å². The summed E-state index contributed by atoms with van der Waals surface area (Å²) in [6.45, 7) is 18.9. The summed E-state index contributed by atoms with van der Waals surface area (Å²) < 4.78 is 45.0. The lowest BCUT2D eigenvalue weighted by molar-refractivity contribution is -0.335. The first-order valence-electron chi connectivity index (χ1n) is 20.6. The van der Waals surface area contributed by atoms with E-state index < -0.39 is 64.9 Å². The Kier molecular flexibility index (Phi) is 13.3. The van der Waals surface area contributed by atoms with Gasteiger partial charge in [-0.3, -0.25) is 14.4 Å². The molecule has 0 aromatic rings. The standard InChI is InChI=1S/C41H68O13/c1-11-13-32(44)48-21-41(47)24(5)18-22(3)33(53-41)29-19-23(4)36(49-29)39(10)15-14-30(51-39)38(9)16-17-40(54-38)20-28(42)25(6)35(52-40)26(7)34(27(8)37(45)46)50-31(43)12-2/h22-30,33-36,42,47H,11-21H2,1-10H3,(H,45,46). The SMILES string of the molecule is CCCC(=O)OCC1(O)OC(C2CC(C)C(C3(C)CCC(C4(C)CCC5(CC(O)C(C)C(C(C)C(OC(=O)CC)C(C)C(=O)O)O5)O4)O3)O2)C(C)CC1C. The van der Waals surface area contributed by atoms with Crippen LogP contribution in [0.3, 0.4) is 0 Å². The Bertz CT molecular complexity index is 1340. The van der Waals surface area contributed by atoms with E-state index in [0.29, 0.717) is 32.1 Å². The molecule has 0 aromatic carbocycles. The van der Waals surface area contributed by atoms with Crippen molar-refractivity contribution in [2.45, 2.75) is 199 Å². The quantitative estimate of drug-likeness (QED) is 0.199. The fraction of sp³-hybridized carbons (Fsp3) is 0.927. The molecular weight excluding hydrogens is 700 g/mol. The summed E-state index contributed by atoms with van der Waals surface area (Å²) in [6.07, 6.45) is 1.92. The van der Waals surface area contributed by atoms with Crippen molar-refractivity contribution in [2.24, 2.45) is 35.5 Å². The normalized spacial score (nSPS) is 45.6. The van der Waals surface area contributed by atoms with Crippen LogP contribution in [0.2, 0.25) is 0 Å². The second-order valence-corrected chi connectivity index (χ2v) is 18.1. The summed E-state index contributed by atoms with van der Waals surface area (Å²) >= 11 is 0. The van der Waals surface area contributed by atoms with Crippen LogP contribution in [0.4, 0.5) is 0 Å². The van der Waals surface area contributed by atoms with Crippen LogP contribution in [0.1, 0.15) is 133 Å². The van der Waals surface area contributed by atoms with Crippen LogP contribution in [-0.4, -0.2) is 105 Å². The van der Waals surface area contributed by atoms with Crippen molar-refractivity contribution >= 4 is 17.9 Å². The Morgan fingerprint density at radius 3 is 2.26 bits per heavy atom. The van der Waals surface area contributed by atoms with E-state index >= 15 is 0 Å². The van der Waals surface area contributed by atoms with Gasteiger partial charge in [0.15, 0.2) is 5.79 Å². The van der Waals surface area contributed by atoms with Crippen molar-refractivity contribution in [3.63, 3.8) is 0 Å². The van der Waals surface area contributed by atoms with Gasteiger partial charge in [-0.1, -0.05) is 48.5 Å². The number of carbonyl (C=O) groups is 3. The molecule has 0 amide bonds. The molecule has 0 saturated carbocycles. The van der Waals surface area contributed by atoms with Gasteiger partial charge in [-0.2, -0.15) is 0 Å². The largest absolute Gasteiger partial charge is 0.481 e. The molecule has 5 heterocycles. The van der Waals surface area contributed by atoms with E-state index in [1.807, 2.05) is 34.6 Å².